The zero-order valence-electron chi connectivity index (χ0n) is 15.8. The van der Waals surface area contributed by atoms with E-state index in [-0.39, 0.29) is 22.7 Å². The normalized spacial score (nSPS) is 19.3. The summed E-state index contributed by atoms with van der Waals surface area (Å²) in [6.45, 7) is -0.114. The molecule has 2 heterocycles. The molecule has 0 bridgehead atoms. The van der Waals surface area contributed by atoms with Crippen LogP contribution < -0.4 is 4.72 Å². The van der Waals surface area contributed by atoms with E-state index in [4.69, 9.17) is 0 Å². The smallest absolute Gasteiger partial charge is 0.350 e. The van der Waals surface area contributed by atoms with Crippen LogP contribution in [0.5, 0.6) is 0 Å². The number of pyridine rings is 1. The number of alkyl halides is 3. The molecule has 11 heteroatoms. The molecule has 31 heavy (non-hydrogen) atoms. The Bertz CT molecular complexity index is 1270. The minimum Gasteiger partial charge on any atom is -0.350 e. The van der Waals surface area contributed by atoms with E-state index < -0.39 is 28.4 Å². The number of para-hydroxylation sites is 1. The van der Waals surface area contributed by atoms with Crippen molar-refractivity contribution in [2.24, 2.45) is 5.16 Å². The van der Waals surface area contributed by atoms with Crippen molar-refractivity contribution in [2.75, 3.05) is 0 Å². The summed E-state index contributed by atoms with van der Waals surface area (Å²) in [5, 5.41) is 13.6. The number of oxime groups is 1. The van der Waals surface area contributed by atoms with E-state index in [0.717, 1.165) is 0 Å². The second kappa shape index (κ2) is 7.59. The molecule has 3 aromatic rings. The van der Waals surface area contributed by atoms with Gasteiger partial charge in [0, 0.05) is 18.1 Å². The zero-order chi connectivity index (χ0) is 22.3. The maximum Gasteiger partial charge on any atom is 0.458 e. The number of benzene rings is 2. The Balaban J connectivity index is 1.53. The van der Waals surface area contributed by atoms with Gasteiger partial charge in [-0.1, -0.05) is 41.6 Å². The number of nitrogens with one attached hydrogen (secondary N) is 1. The summed E-state index contributed by atoms with van der Waals surface area (Å²) in [6.07, 6.45) is -4.37. The molecule has 4 rings (SSSR count). The van der Waals surface area contributed by atoms with E-state index in [0.29, 0.717) is 16.5 Å². The minimum atomic E-state index is -5.00. The fraction of sp³-hybridized carbons (Fsp3) is 0.200. The fourth-order valence-corrected chi connectivity index (χ4v) is 4.33. The Labute approximate surface area is 175 Å². The highest BCUT2D eigenvalue weighted by molar-refractivity contribution is 7.89. The van der Waals surface area contributed by atoms with Crippen LogP contribution in [0.25, 0.3) is 10.9 Å². The van der Waals surface area contributed by atoms with Crippen LogP contribution >= 0.6 is 0 Å². The number of hydrogen-bond donors (Lipinski definition) is 2. The Morgan fingerprint density at radius 1 is 1.13 bits per heavy atom. The summed E-state index contributed by atoms with van der Waals surface area (Å²) in [5.74, 6) is -3.37. The van der Waals surface area contributed by atoms with Crippen LogP contribution in [-0.2, 0) is 21.4 Å². The van der Waals surface area contributed by atoms with E-state index in [2.05, 4.69) is 19.7 Å². The number of nitrogens with zero attached hydrogens (tertiary/aromatic N) is 2. The van der Waals surface area contributed by atoms with Gasteiger partial charge in [0.05, 0.1) is 17.6 Å². The van der Waals surface area contributed by atoms with Gasteiger partial charge in [0.1, 0.15) is 4.90 Å². The molecular weight excluding hydrogens is 435 g/mol. The summed E-state index contributed by atoms with van der Waals surface area (Å²) >= 11 is 0. The highest BCUT2D eigenvalue weighted by atomic mass is 32.2. The lowest BCUT2D eigenvalue weighted by Gasteiger charge is -2.22. The second-order valence-electron chi connectivity index (χ2n) is 6.94. The third-order valence-corrected chi connectivity index (χ3v) is 6.20. The van der Waals surface area contributed by atoms with Gasteiger partial charge in [-0.15, -0.1) is 0 Å². The molecule has 1 unspecified atom stereocenters. The van der Waals surface area contributed by atoms with Gasteiger partial charge in [0.2, 0.25) is 10.0 Å². The largest absolute Gasteiger partial charge is 0.458 e. The number of hydrogen-bond acceptors (Lipinski definition) is 6. The van der Waals surface area contributed by atoms with Crippen molar-refractivity contribution in [1.29, 1.82) is 0 Å². The lowest BCUT2D eigenvalue weighted by Crippen LogP contribution is -2.45. The van der Waals surface area contributed by atoms with Crippen LogP contribution in [0.3, 0.4) is 0 Å². The third kappa shape index (κ3) is 4.11. The molecule has 0 saturated carbocycles. The van der Waals surface area contributed by atoms with E-state index in [1.54, 1.807) is 36.4 Å². The highest BCUT2D eigenvalue weighted by Crippen LogP contribution is 2.39. The van der Waals surface area contributed by atoms with Crippen LogP contribution in [0.4, 0.5) is 13.2 Å². The summed E-state index contributed by atoms with van der Waals surface area (Å²) in [4.78, 5) is 8.38. The number of aromatic nitrogens is 1. The average Bonchev–Trinajstić information content (AvgIpc) is 3.16. The van der Waals surface area contributed by atoms with E-state index >= 15 is 0 Å². The molecular formula is C20H16F3N3O4S. The third-order valence-electron chi connectivity index (χ3n) is 4.77. The first-order valence-electron chi connectivity index (χ1n) is 9.06. The molecule has 0 fully saturated rings. The maximum absolute atomic E-state index is 12.9. The van der Waals surface area contributed by atoms with E-state index in [1.807, 2.05) is 0 Å². The lowest BCUT2D eigenvalue weighted by atomic mass is 10.0. The summed E-state index contributed by atoms with van der Waals surface area (Å²) in [7, 11) is -3.91. The Morgan fingerprint density at radius 2 is 1.87 bits per heavy atom. The van der Waals surface area contributed by atoms with E-state index in [9.17, 15) is 26.7 Å². The van der Waals surface area contributed by atoms with Crippen molar-refractivity contribution in [3.05, 3.63) is 71.9 Å². The average molecular weight is 451 g/mol. The quantitative estimate of drug-likeness (QED) is 0.621. The van der Waals surface area contributed by atoms with Gasteiger partial charge in [-0.2, -0.15) is 13.2 Å². The summed E-state index contributed by atoms with van der Waals surface area (Å²) in [5.41, 5.74) is 1.00. The SMILES string of the molecule is O=S(=O)(NCc1cccc(C2=NOC(O)(C(F)(F)F)C2)c1)c1cccc2cccnc12. The van der Waals surface area contributed by atoms with Gasteiger partial charge in [-0.25, -0.2) is 13.1 Å². The minimum absolute atomic E-state index is 0.0190. The summed E-state index contributed by atoms with van der Waals surface area (Å²) < 4.78 is 66.8. The molecule has 7 nitrogen and oxygen atoms in total. The van der Waals surface area contributed by atoms with Gasteiger partial charge in [0.15, 0.2) is 0 Å². The molecule has 2 aromatic carbocycles. The lowest BCUT2D eigenvalue weighted by molar-refractivity contribution is -0.355. The first kappa shape index (κ1) is 21.2. The van der Waals surface area contributed by atoms with Crippen LogP contribution in [0.15, 0.2) is 70.8 Å². The Kier molecular flexibility index (Phi) is 5.20. The Morgan fingerprint density at radius 3 is 2.61 bits per heavy atom. The molecule has 1 aromatic heterocycles. The number of halogens is 3. The first-order valence-corrected chi connectivity index (χ1v) is 10.5. The molecule has 1 aliphatic rings. The molecule has 1 aliphatic heterocycles. The molecule has 0 radical (unpaired) electrons. The second-order valence-corrected chi connectivity index (χ2v) is 8.68. The number of fused-ring (bicyclic) bond motifs is 1. The molecule has 1 atom stereocenters. The Hall–Kier alpha value is -3.02. The van der Waals surface area contributed by atoms with Crippen molar-refractivity contribution < 1.29 is 31.5 Å². The van der Waals surface area contributed by atoms with Gasteiger partial charge in [-0.05, 0) is 29.3 Å². The molecule has 2 N–H and O–H groups in total. The number of sulfonamides is 1. The van der Waals surface area contributed by atoms with E-state index in [1.165, 1.54) is 24.4 Å². The monoisotopic (exact) mass is 451 g/mol. The first-order chi connectivity index (χ1) is 14.6. The van der Waals surface area contributed by atoms with Gasteiger partial charge >= 0.3 is 12.0 Å². The van der Waals surface area contributed by atoms with Crippen LogP contribution in [0.1, 0.15) is 17.5 Å². The van der Waals surface area contributed by atoms with Crippen LogP contribution in [0, 0.1) is 0 Å². The maximum atomic E-state index is 12.9. The predicted molar refractivity (Wildman–Crippen MR) is 105 cm³/mol. The van der Waals surface area contributed by atoms with Gasteiger partial charge < -0.3 is 9.94 Å². The van der Waals surface area contributed by atoms with Crippen LogP contribution in [0.2, 0.25) is 0 Å². The molecule has 0 spiro atoms. The molecule has 0 amide bonds. The highest BCUT2D eigenvalue weighted by Gasteiger charge is 2.60. The standard InChI is InChI=1S/C20H16F3N3O4S/c21-20(22,23)19(27)11-16(26-30-19)15-6-1-4-13(10-15)12-25-31(28,29)17-8-2-5-14-7-3-9-24-18(14)17/h1-10,25,27H,11-12H2. The van der Waals surface area contributed by atoms with Gasteiger partial charge in [0.25, 0.3) is 0 Å². The molecule has 162 valence electrons. The molecule has 0 saturated heterocycles. The van der Waals surface area contributed by atoms with Crippen molar-refractivity contribution in [2.45, 2.75) is 29.8 Å². The topological polar surface area (TPSA) is 101 Å². The number of rotatable bonds is 5. The summed E-state index contributed by atoms with van der Waals surface area (Å²) in [6, 6.07) is 14.4. The predicted octanol–water partition coefficient (Wildman–Crippen LogP) is 3.09. The zero-order valence-corrected chi connectivity index (χ0v) is 16.6. The van der Waals surface area contributed by atoms with Crippen molar-refractivity contribution in [1.82, 2.24) is 9.71 Å². The van der Waals surface area contributed by atoms with Crippen LogP contribution in [-0.4, -0.2) is 36.2 Å². The van der Waals surface area contributed by atoms with Crippen molar-refractivity contribution in [3.8, 4) is 0 Å². The van der Waals surface area contributed by atoms with Crippen molar-refractivity contribution in [3.63, 3.8) is 0 Å². The molecule has 0 aliphatic carbocycles. The number of aliphatic hydroxyl groups is 1. The van der Waals surface area contributed by atoms with Gasteiger partial charge in [-0.3, -0.25) is 4.98 Å². The van der Waals surface area contributed by atoms with Crippen molar-refractivity contribution >= 4 is 26.6 Å². The fourth-order valence-electron chi connectivity index (χ4n) is 3.14.